The minimum Gasteiger partial charge on any atom is -0.497 e. The van der Waals surface area contributed by atoms with Crippen LogP contribution < -0.4 is 9.64 Å². The third-order valence-corrected chi connectivity index (χ3v) is 4.13. The summed E-state index contributed by atoms with van der Waals surface area (Å²) in [6.45, 7) is 4.54. The van der Waals surface area contributed by atoms with E-state index in [-0.39, 0.29) is 5.91 Å². The van der Waals surface area contributed by atoms with Gasteiger partial charge in [0, 0.05) is 6.07 Å². The first-order chi connectivity index (χ1) is 10.0. The number of ether oxygens (including phenoxy) is 1. The van der Waals surface area contributed by atoms with Crippen molar-refractivity contribution in [2.24, 2.45) is 0 Å². The van der Waals surface area contributed by atoms with Crippen LogP contribution in [0.5, 0.6) is 5.75 Å². The fourth-order valence-corrected chi connectivity index (χ4v) is 2.88. The van der Waals surface area contributed by atoms with E-state index in [9.17, 15) is 4.79 Å². The molecule has 21 heavy (non-hydrogen) atoms. The monoisotopic (exact) mass is 281 g/mol. The molecule has 2 aromatic carbocycles. The van der Waals surface area contributed by atoms with Crippen LogP contribution in [0, 0.1) is 0 Å². The summed E-state index contributed by atoms with van der Waals surface area (Å²) in [5.41, 5.74) is 2.64. The molecule has 1 amide bonds. The molecule has 0 aliphatic carbocycles. The van der Waals surface area contributed by atoms with E-state index in [1.165, 1.54) is 0 Å². The van der Waals surface area contributed by atoms with Crippen LogP contribution in [-0.4, -0.2) is 13.0 Å². The molecule has 0 bridgehead atoms. The Balaban J connectivity index is 2.04. The number of rotatable bonds is 3. The number of hydrogen-bond donors (Lipinski definition) is 0. The lowest BCUT2D eigenvalue weighted by Crippen LogP contribution is -2.35. The van der Waals surface area contributed by atoms with Gasteiger partial charge in [-0.1, -0.05) is 36.4 Å². The first-order valence-electron chi connectivity index (χ1n) is 7.08. The Morgan fingerprint density at radius 3 is 2.48 bits per heavy atom. The van der Waals surface area contributed by atoms with Crippen molar-refractivity contribution in [3.8, 4) is 5.75 Å². The molecule has 1 aliphatic rings. The highest BCUT2D eigenvalue weighted by molar-refractivity contribution is 6.07. The number of amides is 1. The van der Waals surface area contributed by atoms with Crippen molar-refractivity contribution in [2.75, 3.05) is 12.0 Å². The number of benzene rings is 2. The van der Waals surface area contributed by atoms with E-state index < -0.39 is 5.41 Å². The maximum Gasteiger partial charge on any atom is 0.237 e. The minimum atomic E-state index is -0.490. The highest BCUT2D eigenvalue weighted by Gasteiger charge is 2.43. The summed E-state index contributed by atoms with van der Waals surface area (Å²) in [5, 5.41) is 0. The maximum absolute atomic E-state index is 12.8. The molecule has 3 rings (SSSR count). The molecule has 0 N–H and O–H groups in total. The van der Waals surface area contributed by atoms with E-state index in [4.69, 9.17) is 4.74 Å². The number of fused-ring (bicyclic) bond motifs is 1. The molecule has 0 saturated carbocycles. The molecule has 0 atom stereocenters. The molecule has 1 aliphatic heterocycles. The SMILES string of the molecule is COc1ccc2c(c1)N(Cc1ccccc1)C(=O)C2(C)C. The van der Waals surface area contributed by atoms with Gasteiger partial charge in [-0.2, -0.15) is 0 Å². The van der Waals surface area contributed by atoms with Crippen molar-refractivity contribution in [2.45, 2.75) is 25.8 Å². The summed E-state index contributed by atoms with van der Waals surface area (Å²) >= 11 is 0. The molecule has 0 saturated heterocycles. The second-order valence-electron chi connectivity index (χ2n) is 5.88. The van der Waals surface area contributed by atoms with Gasteiger partial charge in [-0.25, -0.2) is 0 Å². The lowest BCUT2D eigenvalue weighted by Gasteiger charge is -2.20. The van der Waals surface area contributed by atoms with E-state index in [1.54, 1.807) is 7.11 Å². The number of carbonyl (C=O) groups excluding carboxylic acids is 1. The lowest BCUT2D eigenvalue weighted by atomic mass is 9.86. The molecule has 0 unspecified atom stereocenters. The summed E-state index contributed by atoms with van der Waals surface area (Å²) in [7, 11) is 1.64. The second-order valence-corrected chi connectivity index (χ2v) is 5.88. The molecule has 3 nitrogen and oxygen atoms in total. The van der Waals surface area contributed by atoms with Gasteiger partial charge in [0.15, 0.2) is 0 Å². The first kappa shape index (κ1) is 13.7. The Morgan fingerprint density at radius 2 is 1.81 bits per heavy atom. The Morgan fingerprint density at radius 1 is 1.10 bits per heavy atom. The van der Waals surface area contributed by atoms with E-state index in [0.717, 1.165) is 22.6 Å². The molecule has 1 heterocycles. The van der Waals surface area contributed by atoms with Gasteiger partial charge in [-0.15, -0.1) is 0 Å². The van der Waals surface area contributed by atoms with Gasteiger partial charge in [0.1, 0.15) is 5.75 Å². The van der Waals surface area contributed by atoms with Crippen LogP contribution in [0.1, 0.15) is 25.0 Å². The first-order valence-corrected chi connectivity index (χ1v) is 7.08. The van der Waals surface area contributed by atoms with Gasteiger partial charge in [0.25, 0.3) is 0 Å². The van der Waals surface area contributed by atoms with Crippen molar-refractivity contribution in [1.29, 1.82) is 0 Å². The zero-order valence-electron chi connectivity index (χ0n) is 12.6. The summed E-state index contributed by atoms with van der Waals surface area (Å²) in [4.78, 5) is 14.6. The summed E-state index contributed by atoms with van der Waals surface area (Å²) in [5.74, 6) is 0.909. The third kappa shape index (κ3) is 2.19. The molecule has 0 radical (unpaired) electrons. The van der Waals surface area contributed by atoms with Crippen molar-refractivity contribution in [3.05, 3.63) is 59.7 Å². The number of anilines is 1. The van der Waals surface area contributed by atoms with E-state index in [1.807, 2.05) is 67.3 Å². The normalized spacial score (nSPS) is 16.0. The molecule has 0 aromatic heterocycles. The molecular formula is C18H19NO2. The highest BCUT2D eigenvalue weighted by atomic mass is 16.5. The minimum absolute atomic E-state index is 0.134. The number of hydrogen-bond acceptors (Lipinski definition) is 2. The van der Waals surface area contributed by atoms with Gasteiger partial charge in [0.05, 0.1) is 24.8 Å². The summed E-state index contributed by atoms with van der Waals surface area (Å²) in [6.07, 6.45) is 0. The Bertz CT molecular complexity index is 677. The average Bonchev–Trinajstić information content (AvgIpc) is 2.69. The van der Waals surface area contributed by atoms with Crippen LogP contribution >= 0.6 is 0 Å². The fourth-order valence-electron chi connectivity index (χ4n) is 2.88. The Hall–Kier alpha value is -2.29. The quantitative estimate of drug-likeness (QED) is 0.861. The average molecular weight is 281 g/mol. The molecular weight excluding hydrogens is 262 g/mol. The fraction of sp³-hybridized carbons (Fsp3) is 0.278. The third-order valence-electron chi connectivity index (χ3n) is 4.13. The van der Waals surface area contributed by atoms with Gasteiger partial charge < -0.3 is 9.64 Å². The second kappa shape index (κ2) is 4.92. The maximum atomic E-state index is 12.8. The highest BCUT2D eigenvalue weighted by Crippen LogP contribution is 2.43. The zero-order valence-corrected chi connectivity index (χ0v) is 12.6. The number of nitrogens with zero attached hydrogens (tertiary/aromatic N) is 1. The lowest BCUT2D eigenvalue weighted by molar-refractivity contribution is -0.122. The van der Waals surface area contributed by atoms with Crippen LogP contribution in [0.3, 0.4) is 0 Å². The predicted molar refractivity (Wildman–Crippen MR) is 83.7 cm³/mol. The molecule has 0 spiro atoms. The summed E-state index contributed by atoms with van der Waals surface area (Å²) < 4.78 is 5.30. The smallest absolute Gasteiger partial charge is 0.237 e. The van der Waals surface area contributed by atoms with Crippen molar-refractivity contribution < 1.29 is 9.53 Å². The van der Waals surface area contributed by atoms with Crippen LogP contribution in [0.15, 0.2) is 48.5 Å². The number of methoxy groups -OCH3 is 1. The Labute approximate surface area is 125 Å². The van der Waals surface area contributed by atoms with Crippen LogP contribution in [0.2, 0.25) is 0 Å². The van der Waals surface area contributed by atoms with Gasteiger partial charge in [-0.05, 0) is 31.0 Å². The van der Waals surface area contributed by atoms with Crippen molar-refractivity contribution >= 4 is 11.6 Å². The summed E-state index contributed by atoms with van der Waals surface area (Å²) in [6, 6.07) is 15.9. The van der Waals surface area contributed by atoms with Gasteiger partial charge in [-0.3, -0.25) is 4.79 Å². The molecule has 0 fully saturated rings. The van der Waals surface area contributed by atoms with Crippen molar-refractivity contribution in [3.63, 3.8) is 0 Å². The van der Waals surface area contributed by atoms with E-state index in [0.29, 0.717) is 6.54 Å². The standard InChI is InChI=1S/C18H19NO2/c1-18(2)15-10-9-14(21-3)11-16(15)19(17(18)20)12-13-7-5-4-6-8-13/h4-11H,12H2,1-3H3. The van der Waals surface area contributed by atoms with Crippen molar-refractivity contribution in [1.82, 2.24) is 0 Å². The van der Waals surface area contributed by atoms with Gasteiger partial charge in [0.2, 0.25) is 5.91 Å². The van der Waals surface area contributed by atoms with E-state index >= 15 is 0 Å². The molecule has 2 aromatic rings. The zero-order chi connectivity index (χ0) is 15.0. The van der Waals surface area contributed by atoms with Crippen LogP contribution in [-0.2, 0) is 16.8 Å². The predicted octanol–water partition coefficient (Wildman–Crippen LogP) is 3.52. The van der Waals surface area contributed by atoms with Gasteiger partial charge >= 0.3 is 0 Å². The topological polar surface area (TPSA) is 29.5 Å². The van der Waals surface area contributed by atoms with E-state index in [2.05, 4.69) is 0 Å². The molecule has 108 valence electrons. The van der Waals surface area contributed by atoms with Crippen LogP contribution in [0.25, 0.3) is 0 Å². The molecule has 3 heteroatoms. The number of carbonyl (C=O) groups is 1. The van der Waals surface area contributed by atoms with Crippen LogP contribution in [0.4, 0.5) is 5.69 Å². The Kier molecular flexibility index (Phi) is 3.20. The largest absolute Gasteiger partial charge is 0.497 e.